The molecule has 2 rings (SSSR count). The molecule has 1 atom stereocenters. The van der Waals surface area contributed by atoms with Gasteiger partial charge in [0.05, 0.1) is 35.6 Å². The van der Waals surface area contributed by atoms with Crippen molar-refractivity contribution < 1.29 is 4.74 Å². The molecule has 2 N–H and O–H groups in total. The fourth-order valence-electron chi connectivity index (χ4n) is 1.75. The summed E-state index contributed by atoms with van der Waals surface area (Å²) >= 11 is 5.96. The quantitative estimate of drug-likeness (QED) is 0.755. The summed E-state index contributed by atoms with van der Waals surface area (Å²) in [4.78, 5) is 2.03. The molecule has 1 saturated heterocycles. The first-order valence-corrected chi connectivity index (χ1v) is 5.40. The maximum Gasteiger partial charge on any atom is 0.161 e. The molecule has 0 bridgehead atoms. The lowest BCUT2D eigenvalue weighted by Gasteiger charge is -2.32. The van der Waals surface area contributed by atoms with Gasteiger partial charge in [-0.1, -0.05) is 17.7 Å². The zero-order chi connectivity index (χ0) is 11.5. The fourth-order valence-corrected chi connectivity index (χ4v) is 1.92. The monoisotopic (exact) mass is 237 g/mol. The van der Waals surface area contributed by atoms with Gasteiger partial charge >= 0.3 is 0 Å². The highest BCUT2D eigenvalue weighted by molar-refractivity contribution is 6.33. The van der Waals surface area contributed by atoms with Gasteiger partial charge in [-0.2, -0.15) is 5.26 Å². The molecule has 0 saturated carbocycles. The van der Waals surface area contributed by atoms with E-state index in [1.165, 1.54) is 0 Å². The van der Waals surface area contributed by atoms with E-state index >= 15 is 0 Å². The number of rotatable bonds is 1. The normalized spacial score (nSPS) is 20.5. The molecule has 1 aromatic rings. The first-order valence-electron chi connectivity index (χ1n) is 5.02. The maximum absolute atomic E-state index is 8.82. The molecule has 1 fully saturated rings. The molecule has 16 heavy (non-hydrogen) atoms. The third kappa shape index (κ3) is 2.06. The lowest BCUT2D eigenvalue weighted by atomic mass is 10.2. The second-order valence-electron chi connectivity index (χ2n) is 3.61. The number of anilines is 2. The molecule has 0 spiro atoms. The van der Waals surface area contributed by atoms with E-state index in [9.17, 15) is 0 Å². The number of morpholine rings is 1. The SMILES string of the molecule is N#CC1CN(c2cccc(Cl)c2N)CCO1. The molecule has 1 aliphatic rings. The number of para-hydroxylation sites is 1. The fraction of sp³-hybridized carbons (Fsp3) is 0.364. The molecule has 0 aromatic heterocycles. The summed E-state index contributed by atoms with van der Waals surface area (Å²) in [6.07, 6.45) is -0.396. The molecule has 1 aliphatic heterocycles. The second kappa shape index (κ2) is 4.60. The third-order valence-electron chi connectivity index (χ3n) is 2.58. The molecule has 1 unspecified atom stereocenters. The van der Waals surface area contributed by atoms with Crippen LogP contribution in [0.25, 0.3) is 0 Å². The van der Waals surface area contributed by atoms with Crippen LogP contribution < -0.4 is 10.6 Å². The Morgan fingerprint density at radius 2 is 2.38 bits per heavy atom. The van der Waals surface area contributed by atoms with Crippen molar-refractivity contribution in [3.63, 3.8) is 0 Å². The summed E-state index contributed by atoms with van der Waals surface area (Å²) in [6, 6.07) is 7.61. The van der Waals surface area contributed by atoms with Gasteiger partial charge in [-0.05, 0) is 12.1 Å². The second-order valence-corrected chi connectivity index (χ2v) is 4.01. The summed E-state index contributed by atoms with van der Waals surface area (Å²) < 4.78 is 5.27. The number of hydrogen-bond donors (Lipinski definition) is 1. The van der Waals surface area contributed by atoms with Gasteiger partial charge in [0.15, 0.2) is 6.10 Å². The molecule has 0 amide bonds. The highest BCUT2D eigenvalue weighted by Crippen LogP contribution is 2.30. The first-order chi connectivity index (χ1) is 7.72. The van der Waals surface area contributed by atoms with Crippen molar-refractivity contribution in [2.45, 2.75) is 6.10 Å². The number of hydrogen-bond acceptors (Lipinski definition) is 4. The van der Waals surface area contributed by atoms with E-state index in [1.807, 2.05) is 17.0 Å². The summed E-state index contributed by atoms with van der Waals surface area (Å²) in [6.45, 7) is 1.79. The number of nitrogens with zero attached hydrogens (tertiary/aromatic N) is 2. The van der Waals surface area contributed by atoms with Crippen molar-refractivity contribution in [2.24, 2.45) is 0 Å². The molecule has 4 nitrogen and oxygen atoms in total. The van der Waals surface area contributed by atoms with E-state index in [-0.39, 0.29) is 0 Å². The molecule has 84 valence electrons. The van der Waals surface area contributed by atoms with Crippen molar-refractivity contribution in [3.8, 4) is 6.07 Å². The summed E-state index contributed by atoms with van der Waals surface area (Å²) in [5, 5.41) is 9.36. The van der Waals surface area contributed by atoms with Crippen LogP contribution in [-0.4, -0.2) is 25.8 Å². The van der Waals surface area contributed by atoms with Crippen LogP contribution in [0.3, 0.4) is 0 Å². The molecule has 0 radical (unpaired) electrons. The van der Waals surface area contributed by atoms with Gasteiger partial charge in [-0.3, -0.25) is 0 Å². The van der Waals surface area contributed by atoms with Gasteiger partial charge in [-0.25, -0.2) is 0 Å². The highest BCUT2D eigenvalue weighted by atomic mass is 35.5. The average Bonchev–Trinajstić information content (AvgIpc) is 2.33. The van der Waals surface area contributed by atoms with Crippen LogP contribution in [-0.2, 0) is 4.74 Å². The van der Waals surface area contributed by atoms with Crippen LogP contribution in [0.4, 0.5) is 11.4 Å². The standard InChI is InChI=1S/C11H12ClN3O/c12-9-2-1-3-10(11(9)14)15-4-5-16-8(6-13)7-15/h1-3,8H,4-5,7,14H2. The van der Waals surface area contributed by atoms with Gasteiger partial charge in [0.1, 0.15) is 0 Å². The smallest absolute Gasteiger partial charge is 0.161 e. The van der Waals surface area contributed by atoms with Crippen molar-refractivity contribution in [2.75, 3.05) is 30.3 Å². The number of ether oxygens (including phenoxy) is 1. The number of benzene rings is 1. The number of nitriles is 1. The van der Waals surface area contributed by atoms with Crippen LogP contribution in [0.5, 0.6) is 0 Å². The maximum atomic E-state index is 8.82. The minimum absolute atomic E-state index is 0.396. The lowest BCUT2D eigenvalue weighted by molar-refractivity contribution is 0.0765. The minimum Gasteiger partial charge on any atom is -0.396 e. The van der Waals surface area contributed by atoms with Crippen LogP contribution >= 0.6 is 11.6 Å². The lowest BCUT2D eigenvalue weighted by Crippen LogP contribution is -2.42. The van der Waals surface area contributed by atoms with Gasteiger partial charge in [0.25, 0.3) is 0 Å². The predicted molar refractivity (Wildman–Crippen MR) is 63.4 cm³/mol. The molecular weight excluding hydrogens is 226 g/mol. The van der Waals surface area contributed by atoms with E-state index in [0.29, 0.717) is 23.9 Å². The van der Waals surface area contributed by atoms with E-state index in [2.05, 4.69) is 6.07 Å². The molecular formula is C11H12ClN3O. The van der Waals surface area contributed by atoms with Crippen molar-refractivity contribution in [1.82, 2.24) is 0 Å². The van der Waals surface area contributed by atoms with Crippen LogP contribution in [0.15, 0.2) is 18.2 Å². The Hall–Kier alpha value is -1.44. The van der Waals surface area contributed by atoms with Gasteiger partial charge in [0, 0.05) is 6.54 Å². The van der Waals surface area contributed by atoms with E-state index in [4.69, 9.17) is 27.3 Å². The van der Waals surface area contributed by atoms with Crippen molar-refractivity contribution in [3.05, 3.63) is 23.2 Å². The zero-order valence-electron chi connectivity index (χ0n) is 8.69. The Morgan fingerprint density at radius 1 is 1.56 bits per heavy atom. The summed E-state index contributed by atoms with van der Waals surface area (Å²) in [5.74, 6) is 0. The molecule has 0 aliphatic carbocycles. The number of nitrogen functional groups attached to an aromatic ring is 1. The van der Waals surface area contributed by atoms with Crippen LogP contribution in [0.2, 0.25) is 5.02 Å². The van der Waals surface area contributed by atoms with Gasteiger partial charge < -0.3 is 15.4 Å². The Kier molecular flexibility index (Phi) is 3.18. The molecule has 5 heteroatoms. The summed E-state index contributed by atoms with van der Waals surface area (Å²) in [7, 11) is 0. The molecule has 1 aromatic carbocycles. The van der Waals surface area contributed by atoms with Crippen molar-refractivity contribution >= 4 is 23.0 Å². The van der Waals surface area contributed by atoms with Gasteiger partial charge in [0.2, 0.25) is 0 Å². The van der Waals surface area contributed by atoms with Crippen LogP contribution in [0, 0.1) is 11.3 Å². The predicted octanol–water partition coefficient (Wildman–Crippen LogP) is 1.65. The zero-order valence-corrected chi connectivity index (χ0v) is 9.44. The van der Waals surface area contributed by atoms with E-state index < -0.39 is 6.10 Å². The average molecular weight is 238 g/mol. The highest BCUT2D eigenvalue weighted by Gasteiger charge is 2.21. The topological polar surface area (TPSA) is 62.3 Å². The number of halogens is 1. The Bertz CT molecular complexity index is 430. The Morgan fingerprint density at radius 3 is 3.12 bits per heavy atom. The molecule has 1 heterocycles. The van der Waals surface area contributed by atoms with Crippen molar-refractivity contribution in [1.29, 1.82) is 5.26 Å². The number of nitrogens with two attached hydrogens (primary N) is 1. The van der Waals surface area contributed by atoms with E-state index in [1.54, 1.807) is 6.07 Å². The summed E-state index contributed by atoms with van der Waals surface area (Å²) in [5.41, 5.74) is 7.33. The Labute approximate surface area is 99.2 Å². The van der Waals surface area contributed by atoms with Crippen LogP contribution in [0.1, 0.15) is 0 Å². The van der Waals surface area contributed by atoms with Gasteiger partial charge in [-0.15, -0.1) is 0 Å². The first kappa shape index (κ1) is 11.1. The third-order valence-corrected chi connectivity index (χ3v) is 2.91. The van der Waals surface area contributed by atoms with E-state index in [0.717, 1.165) is 12.2 Å². The minimum atomic E-state index is -0.396. The Balaban J connectivity index is 2.24. The largest absolute Gasteiger partial charge is 0.396 e.